The van der Waals surface area contributed by atoms with Crippen LogP contribution in [-0.2, 0) is 4.79 Å². The van der Waals surface area contributed by atoms with Crippen LogP contribution in [0, 0.1) is 10.1 Å². The number of non-ortho nitro benzene ring substituents is 1. The second kappa shape index (κ2) is 10.1. The molecule has 4 aromatic rings. The van der Waals surface area contributed by atoms with E-state index in [1.807, 2.05) is 0 Å². The summed E-state index contributed by atoms with van der Waals surface area (Å²) in [6.07, 6.45) is 1.30. The van der Waals surface area contributed by atoms with Crippen molar-refractivity contribution in [3.05, 3.63) is 75.4 Å². The fourth-order valence-corrected chi connectivity index (χ4v) is 3.67. The fraction of sp³-hybridized carbons (Fsp3) is 0.0870. The van der Waals surface area contributed by atoms with Crippen molar-refractivity contribution in [2.75, 3.05) is 14.2 Å². The second-order valence-electron chi connectivity index (χ2n) is 6.90. The number of benzene rings is 2. The summed E-state index contributed by atoms with van der Waals surface area (Å²) in [6.45, 7) is 0. The van der Waals surface area contributed by atoms with Crippen LogP contribution in [0.3, 0.4) is 0 Å². The molecule has 0 spiro atoms. The number of nitro groups is 1. The monoisotopic (exact) mass is 495 g/mol. The Kier molecular flexibility index (Phi) is 6.83. The smallest absolute Gasteiger partial charge is 0.342 e. The van der Waals surface area contributed by atoms with E-state index in [4.69, 9.17) is 18.3 Å². The third-order valence-corrected chi connectivity index (χ3v) is 5.51. The molecular formula is C23H17N3O8S. The second-order valence-corrected chi connectivity index (χ2v) is 7.89. The van der Waals surface area contributed by atoms with Crippen molar-refractivity contribution in [2.24, 2.45) is 0 Å². The van der Waals surface area contributed by atoms with Crippen LogP contribution in [0.25, 0.3) is 28.9 Å². The highest BCUT2D eigenvalue weighted by Crippen LogP contribution is 2.34. The molecule has 2 aromatic heterocycles. The number of hydrogen-bond donors (Lipinski definition) is 1. The molecule has 0 saturated heterocycles. The van der Waals surface area contributed by atoms with Gasteiger partial charge in [-0.3, -0.25) is 10.1 Å². The highest BCUT2D eigenvalue weighted by atomic mass is 32.2. The minimum absolute atomic E-state index is 0.000834. The molecule has 0 aliphatic carbocycles. The summed E-state index contributed by atoms with van der Waals surface area (Å²) < 4.78 is 21.8. The Hall–Kier alpha value is -4.58. The molecule has 0 unspecified atom stereocenters. The molecule has 0 aliphatic heterocycles. The first-order chi connectivity index (χ1) is 16.9. The topological polar surface area (TPSA) is 151 Å². The Morgan fingerprint density at radius 2 is 1.77 bits per heavy atom. The van der Waals surface area contributed by atoms with E-state index in [1.165, 1.54) is 38.5 Å². The fourth-order valence-electron chi connectivity index (χ4n) is 3.02. The first-order valence-electron chi connectivity index (χ1n) is 9.90. The van der Waals surface area contributed by atoms with Gasteiger partial charge in [0.1, 0.15) is 27.9 Å². The number of nitrogens with zero attached hydrogens (tertiary/aromatic N) is 3. The number of methoxy groups -OCH3 is 2. The quantitative estimate of drug-likeness (QED) is 0.142. The average molecular weight is 495 g/mol. The maximum atomic E-state index is 11.8. The number of hydrogen-bond acceptors (Lipinski definition) is 10. The van der Waals surface area contributed by atoms with Crippen LogP contribution >= 0.6 is 11.8 Å². The Bertz CT molecular complexity index is 1400. The molecule has 178 valence electrons. The molecule has 2 aromatic carbocycles. The van der Waals surface area contributed by atoms with Gasteiger partial charge in [-0.25, -0.2) is 4.79 Å². The van der Waals surface area contributed by atoms with E-state index < -0.39 is 10.9 Å². The molecule has 1 N–H and O–H groups in total. The zero-order chi connectivity index (χ0) is 24.9. The molecular weight excluding hydrogens is 478 g/mol. The largest absolute Gasteiger partial charge is 0.497 e. The molecule has 0 saturated carbocycles. The minimum atomic E-state index is -1.23. The van der Waals surface area contributed by atoms with Gasteiger partial charge in [-0.05, 0) is 36.0 Å². The van der Waals surface area contributed by atoms with Gasteiger partial charge >= 0.3 is 5.97 Å². The number of furan rings is 1. The van der Waals surface area contributed by atoms with Crippen molar-refractivity contribution in [3.8, 4) is 34.3 Å². The summed E-state index contributed by atoms with van der Waals surface area (Å²) in [5.74, 6) is 0.549. The van der Waals surface area contributed by atoms with Crippen LogP contribution in [0.5, 0.6) is 11.5 Å². The maximum Gasteiger partial charge on any atom is 0.342 e. The highest BCUT2D eigenvalue weighted by molar-refractivity contribution is 8.03. The van der Waals surface area contributed by atoms with Crippen molar-refractivity contribution in [1.29, 1.82) is 0 Å². The van der Waals surface area contributed by atoms with E-state index in [9.17, 15) is 20.0 Å². The number of aliphatic carboxylic acids is 1. The van der Waals surface area contributed by atoms with E-state index in [0.29, 0.717) is 28.4 Å². The summed E-state index contributed by atoms with van der Waals surface area (Å²) in [7, 11) is 3.02. The lowest BCUT2D eigenvalue weighted by Gasteiger charge is -2.05. The van der Waals surface area contributed by atoms with E-state index in [0.717, 1.165) is 11.8 Å². The maximum absolute atomic E-state index is 11.8. The number of carboxylic acids is 1. The van der Waals surface area contributed by atoms with Gasteiger partial charge in [0, 0.05) is 35.4 Å². The Morgan fingerprint density at radius 3 is 2.43 bits per heavy atom. The van der Waals surface area contributed by atoms with Crippen LogP contribution in [0.1, 0.15) is 5.76 Å². The van der Waals surface area contributed by atoms with Crippen LogP contribution in [0.2, 0.25) is 0 Å². The van der Waals surface area contributed by atoms with Gasteiger partial charge in [-0.15, -0.1) is 10.2 Å². The van der Waals surface area contributed by atoms with E-state index >= 15 is 0 Å². The average Bonchev–Trinajstić information content (AvgIpc) is 3.53. The Labute approximate surface area is 202 Å². The van der Waals surface area contributed by atoms with Gasteiger partial charge in [-0.1, -0.05) is 12.1 Å². The molecule has 12 heteroatoms. The van der Waals surface area contributed by atoms with Crippen molar-refractivity contribution in [3.63, 3.8) is 0 Å². The Morgan fingerprint density at radius 1 is 1.03 bits per heavy atom. The van der Waals surface area contributed by atoms with Gasteiger partial charge in [-0.2, -0.15) is 0 Å². The normalized spacial score (nSPS) is 11.3. The van der Waals surface area contributed by atoms with E-state index in [2.05, 4.69) is 10.2 Å². The van der Waals surface area contributed by atoms with Crippen LogP contribution in [0.4, 0.5) is 5.69 Å². The zero-order valence-corrected chi connectivity index (χ0v) is 19.1. The van der Waals surface area contributed by atoms with Gasteiger partial charge < -0.3 is 23.4 Å². The number of ether oxygens (including phenoxy) is 2. The number of aromatic nitrogens is 2. The molecule has 35 heavy (non-hydrogen) atoms. The lowest BCUT2D eigenvalue weighted by molar-refractivity contribution is -0.384. The number of thioether (sulfide) groups is 1. The summed E-state index contributed by atoms with van der Waals surface area (Å²) in [4.78, 5) is 22.2. The van der Waals surface area contributed by atoms with Gasteiger partial charge in [0.15, 0.2) is 0 Å². The molecule has 11 nitrogen and oxygen atoms in total. The molecule has 0 bridgehead atoms. The van der Waals surface area contributed by atoms with Crippen LogP contribution in [-0.4, -0.2) is 40.4 Å². The SMILES string of the molecule is COc1cc(OC)cc(-c2nnc(S/C(=C\c3ccc(-c4cccc([N+](=O)[O-])c4)o3)C(=O)O)o2)c1. The van der Waals surface area contributed by atoms with Crippen LogP contribution < -0.4 is 9.47 Å². The lowest BCUT2D eigenvalue weighted by atomic mass is 10.1. The molecule has 0 radical (unpaired) electrons. The number of carboxylic acid groups (broad SMARTS) is 1. The molecule has 4 rings (SSSR count). The van der Waals surface area contributed by atoms with E-state index in [1.54, 1.807) is 36.4 Å². The molecule has 0 amide bonds. The minimum Gasteiger partial charge on any atom is -0.497 e. The standard InChI is InChI=1S/C23H17N3O8S/c1-31-17-9-14(10-18(11-17)32-2)21-24-25-23(34-21)35-20(22(27)28)12-16-6-7-19(33-16)13-4-3-5-15(8-13)26(29)30/h3-12H,1-2H3,(H,27,28)/b20-12-. The summed E-state index contributed by atoms with van der Waals surface area (Å²) in [5, 5.41) is 28.5. The third-order valence-electron chi connectivity index (χ3n) is 4.65. The van der Waals surface area contributed by atoms with Crippen molar-refractivity contribution < 1.29 is 33.1 Å². The molecule has 0 fully saturated rings. The van der Waals surface area contributed by atoms with Crippen molar-refractivity contribution in [1.82, 2.24) is 10.2 Å². The van der Waals surface area contributed by atoms with Gasteiger partial charge in [0.2, 0.25) is 5.89 Å². The molecule has 0 atom stereocenters. The highest BCUT2D eigenvalue weighted by Gasteiger charge is 2.18. The van der Waals surface area contributed by atoms with Crippen molar-refractivity contribution >= 4 is 29.5 Å². The van der Waals surface area contributed by atoms with Gasteiger partial charge in [0.05, 0.1) is 19.1 Å². The number of nitro benzene ring substituents is 1. The third kappa shape index (κ3) is 5.50. The summed E-state index contributed by atoms with van der Waals surface area (Å²) in [5.41, 5.74) is 0.936. The summed E-state index contributed by atoms with van der Waals surface area (Å²) in [6, 6.07) is 14.1. The lowest BCUT2D eigenvalue weighted by Crippen LogP contribution is -1.96. The predicted octanol–water partition coefficient (Wildman–Crippen LogP) is 5.14. The predicted molar refractivity (Wildman–Crippen MR) is 125 cm³/mol. The Balaban J connectivity index is 1.57. The van der Waals surface area contributed by atoms with E-state index in [-0.39, 0.29) is 27.5 Å². The van der Waals surface area contributed by atoms with Gasteiger partial charge in [0.25, 0.3) is 10.9 Å². The zero-order valence-electron chi connectivity index (χ0n) is 18.3. The first kappa shape index (κ1) is 23.6. The molecule has 2 heterocycles. The van der Waals surface area contributed by atoms with Crippen LogP contribution in [0.15, 0.2) is 73.6 Å². The van der Waals surface area contributed by atoms with Crippen molar-refractivity contribution in [2.45, 2.75) is 5.22 Å². The number of rotatable bonds is 9. The number of carbonyl (C=O) groups is 1. The summed E-state index contributed by atoms with van der Waals surface area (Å²) >= 11 is 0.748. The first-order valence-corrected chi connectivity index (χ1v) is 10.7. The molecule has 0 aliphatic rings.